The molecule has 1 radical (unpaired) electrons. The monoisotopic (exact) mass is 177 g/mol. The number of aromatic nitrogens is 4. The first-order chi connectivity index (χ1) is 6.36. The normalized spacial score (nSPS) is 10.2. The molecule has 0 aliphatic rings. The Morgan fingerprint density at radius 3 is 2.85 bits per heavy atom. The van der Waals surface area contributed by atoms with Crippen LogP contribution >= 0.6 is 0 Å². The van der Waals surface area contributed by atoms with Crippen molar-refractivity contribution >= 4 is 0 Å². The van der Waals surface area contributed by atoms with E-state index in [9.17, 15) is 4.39 Å². The lowest BCUT2D eigenvalue weighted by Crippen LogP contribution is -1.91. The summed E-state index contributed by atoms with van der Waals surface area (Å²) in [6.45, 7) is 0. The number of nitrogens with zero attached hydrogens (tertiary/aromatic N) is 3. The van der Waals surface area contributed by atoms with Gasteiger partial charge in [-0.1, -0.05) is 18.2 Å². The van der Waals surface area contributed by atoms with E-state index in [-0.39, 0.29) is 5.82 Å². The van der Waals surface area contributed by atoms with Gasteiger partial charge in [-0.15, -0.1) is 5.10 Å². The SMILES string of the molecule is Fc1ccccc1[CH]c1nnn[nH]1. The predicted molar refractivity (Wildman–Crippen MR) is 43.1 cm³/mol. The molecule has 1 heterocycles. The molecule has 2 aromatic rings. The van der Waals surface area contributed by atoms with E-state index in [4.69, 9.17) is 0 Å². The molecule has 0 saturated heterocycles. The van der Waals surface area contributed by atoms with Crippen LogP contribution in [0.3, 0.4) is 0 Å². The molecule has 0 bridgehead atoms. The number of tetrazole rings is 1. The Kier molecular flexibility index (Phi) is 1.99. The van der Waals surface area contributed by atoms with Gasteiger partial charge in [0.1, 0.15) is 5.82 Å². The number of rotatable bonds is 2. The summed E-state index contributed by atoms with van der Waals surface area (Å²) >= 11 is 0. The van der Waals surface area contributed by atoms with Crippen LogP contribution < -0.4 is 0 Å². The highest BCUT2D eigenvalue weighted by Crippen LogP contribution is 2.10. The van der Waals surface area contributed by atoms with Gasteiger partial charge in [0.05, 0.1) is 6.42 Å². The Labute approximate surface area is 73.8 Å². The number of H-pyrrole nitrogens is 1. The molecule has 65 valence electrons. The van der Waals surface area contributed by atoms with Crippen LogP contribution in [0.4, 0.5) is 4.39 Å². The molecule has 0 saturated carbocycles. The van der Waals surface area contributed by atoms with Crippen LogP contribution in [-0.4, -0.2) is 20.6 Å². The number of hydrogen-bond acceptors (Lipinski definition) is 3. The van der Waals surface area contributed by atoms with E-state index in [0.29, 0.717) is 11.4 Å². The number of halogens is 1. The van der Waals surface area contributed by atoms with Crippen LogP contribution in [0.5, 0.6) is 0 Å². The molecule has 2 rings (SSSR count). The molecule has 0 fully saturated rings. The van der Waals surface area contributed by atoms with Gasteiger partial charge in [0.25, 0.3) is 0 Å². The van der Waals surface area contributed by atoms with Gasteiger partial charge in [-0.25, -0.2) is 9.49 Å². The van der Waals surface area contributed by atoms with Gasteiger partial charge in [0.15, 0.2) is 5.82 Å². The van der Waals surface area contributed by atoms with Crippen LogP contribution in [0.25, 0.3) is 0 Å². The van der Waals surface area contributed by atoms with Crippen LogP contribution in [0.2, 0.25) is 0 Å². The standard InChI is InChI=1S/C8H6FN4/c9-7-4-2-1-3-6(7)5-8-10-12-13-11-8/h1-5H,(H,10,11,12,13). The molecule has 4 nitrogen and oxygen atoms in total. The average Bonchev–Trinajstić information content (AvgIpc) is 2.61. The van der Waals surface area contributed by atoms with E-state index in [0.717, 1.165) is 0 Å². The van der Waals surface area contributed by atoms with Crippen molar-refractivity contribution in [2.45, 2.75) is 0 Å². The number of hydrogen-bond donors (Lipinski definition) is 1. The summed E-state index contributed by atoms with van der Waals surface area (Å²) in [5, 5.41) is 12.9. The Morgan fingerprint density at radius 1 is 1.31 bits per heavy atom. The highest BCUT2D eigenvalue weighted by molar-refractivity contribution is 5.30. The maximum atomic E-state index is 13.1. The molecule has 0 aliphatic heterocycles. The summed E-state index contributed by atoms with van der Waals surface area (Å²) in [5.41, 5.74) is 0.459. The predicted octanol–water partition coefficient (Wildman–Crippen LogP) is 0.939. The third kappa shape index (κ3) is 1.69. The maximum absolute atomic E-state index is 13.1. The molecule has 1 aromatic carbocycles. The maximum Gasteiger partial charge on any atom is 0.157 e. The fourth-order valence-corrected chi connectivity index (χ4v) is 0.967. The van der Waals surface area contributed by atoms with Gasteiger partial charge in [-0.3, -0.25) is 0 Å². The second-order valence-corrected chi connectivity index (χ2v) is 2.45. The van der Waals surface area contributed by atoms with E-state index in [1.54, 1.807) is 18.2 Å². The second-order valence-electron chi connectivity index (χ2n) is 2.45. The lowest BCUT2D eigenvalue weighted by atomic mass is 10.1. The minimum atomic E-state index is -0.293. The van der Waals surface area contributed by atoms with Gasteiger partial charge in [-0.05, 0) is 22.1 Å². The lowest BCUT2D eigenvalue weighted by molar-refractivity contribution is 0.620. The Morgan fingerprint density at radius 2 is 2.15 bits per heavy atom. The highest BCUT2D eigenvalue weighted by atomic mass is 19.1. The van der Waals surface area contributed by atoms with Crippen LogP contribution in [-0.2, 0) is 0 Å². The molecule has 5 heteroatoms. The fourth-order valence-electron chi connectivity index (χ4n) is 0.967. The lowest BCUT2D eigenvalue weighted by Gasteiger charge is -1.97. The third-order valence-corrected chi connectivity index (χ3v) is 1.56. The Hall–Kier alpha value is -1.78. The average molecular weight is 177 g/mol. The van der Waals surface area contributed by atoms with Gasteiger partial charge in [0, 0.05) is 0 Å². The van der Waals surface area contributed by atoms with Crippen molar-refractivity contribution in [1.82, 2.24) is 20.6 Å². The van der Waals surface area contributed by atoms with Gasteiger partial charge < -0.3 is 0 Å². The smallest absolute Gasteiger partial charge is 0.157 e. The molecule has 0 aliphatic carbocycles. The van der Waals surface area contributed by atoms with Crippen LogP contribution in [0.1, 0.15) is 11.4 Å². The van der Waals surface area contributed by atoms with E-state index in [1.807, 2.05) is 0 Å². The molecule has 1 aromatic heterocycles. The van der Waals surface area contributed by atoms with Crippen molar-refractivity contribution in [2.24, 2.45) is 0 Å². The van der Waals surface area contributed by atoms with E-state index in [1.165, 1.54) is 12.5 Å². The zero-order valence-corrected chi connectivity index (χ0v) is 6.61. The Bertz CT molecular complexity index is 385. The molecule has 0 atom stereocenters. The first-order valence-corrected chi connectivity index (χ1v) is 3.69. The van der Waals surface area contributed by atoms with Gasteiger partial charge in [0.2, 0.25) is 0 Å². The van der Waals surface area contributed by atoms with E-state index in [2.05, 4.69) is 20.6 Å². The molecule has 0 unspecified atom stereocenters. The highest BCUT2D eigenvalue weighted by Gasteiger charge is 2.04. The Balaban J connectivity index is 2.24. The summed E-state index contributed by atoms with van der Waals surface area (Å²) in [5.74, 6) is 0.143. The van der Waals surface area contributed by atoms with Gasteiger partial charge in [-0.2, -0.15) is 0 Å². The van der Waals surface area contributed by atoms with Crippen molar-refractivity contribution in [3.8, 4) is 0 Å². The van der Waals surface area contributed by atoms with E-state index >= 15 is 0 Å². The van der Waals surface area contributed by atoms with Gasteiger partial charge >= 0.3 is 0 Å². The first kappa shape index (κ1) is 7.85. The summed E-state index contributed by atoms with van der Waals surface area (Å²) in [4.78, 5) is 0. The molecular weight excluding hydrogens is 171 g/mol. The minimum Gasteiger partial charge on any atom is -0.242 e. The van der Waals surface area contributed by atoms with Crippen molar-refractivity contribution in [3.05, 3.63) is 47.9 Å². The van der Waals surface area contributed by atoms with Crippen molar-refractivity contribution in [3.63, 3.8) is 0 Å². The summed E-state index contributed by atoms with van der Waals surface area (Å²) in [6.07, 6.45) is 1.54. The summed E-state index contributed by atoms with van der Waals surface area (Å²) in [6, 6.07) is 6.41. The van der Waals surface area contributed by atoms with Crippen molar-refractivity contribution < 1.29 is 4.39 Å². The van der Waals surface area contributed by atoms with Crippen LogP contribution in [0, 0.1) is 12.2 Å². The molecular formula is C8H6FN4. The molecule has 0 spiro atoms. The first-order valence-electron chi connectivity index (χ1n) is 3.69. The largest absolute Gasteiger partial charge is 0.242 e. The van der Waals surface area contributed by atoms with Crippen molar-refractivity contribution in [1.29, 1.82) is 0 Å². The van der Waals surface area contributed by atoms with E-state index < -0.39 is 0 Å². The zero-order chi connectivity index (χ0) is 9.10. The molecule has 0 amide bonds. The number of nitrogens with one attached hydrogen (secondary N) is 1. The molecule has 1 N–H and O–H groups in total. The van der Waals surface area contributed by atoms with Crippen molar-refractivity contribution in [2.75, 3.05) is 0 Å². The summed E-state index contributed by atoms with van der Waals surface area (Å²) in [7, 11) is 0. The third-order valence-electron chi connectivity index (χ3n) is 1.56. The molecule has 13 heavy (non-hydrogen) atoms. The topological polar surface area (TPSA) is 54.5 Å². The quantitative estimate of drug-likeness (QED) is 0.742. The number of benzene rings is 1. The number of aromatic amines is 1. The summed E-state index contributed by atoms with van der Waals surface area (Å²) < 4.78 is 13.1. The second kappa shape index (κ2) is 3.30. The fraction of sp³-hybridized carbons (Fsp3) is 0. The zero-order valence-electron chi connectivity index (χ0n) is 6.61. The minimum absolute atomic E-state index is 0.293. The van der Waals surface area contributed by atoms with Crippen LogP contribution in [0.15, 0.2) is 24.3 Å².